The number of amidine groups is 1. The molecular formula is C19H17ClN2O2S. The van der Waals surface area contributed by atoms with Gasteiger partial charge in [0.15, 0.2) is 5.17 Å². The lowest BCUT2D eigenvalue weighted by atomic mass is 10.2. The van der Waals surface area contributed by atoms with Crippen LogP contribution in [0.1, 0.15) is 12.5 Å². The smallest absolute Gasteiger partial charge is 0.266 e. The van der Waals surface area contributed by atoms with E-state index in [1.807, 2.05) is 37.3 Å². The number of benzene rings is 2. The first-order valence-corrected chi connectivity index (χ1v) is 9.00. The second-order valence-corrected chi connectivity index (χ2v) is 6.72. The Morgan fingerprint density at radius 3 is 2.68 bits per heavy atom. The van der Waals surface area contributed by atoms with Crippen LogP contribution in [-0.4, -0.2) is 29.6 Å². The van der Waals surface area contributed by atoms with Gasteiger partial charge in [0.1, 0.15) is 5.75 Å². The first-order chi connectivity index (χ1) is 12.1. The third-order valence-corrected chi connectivity index (χ3v) is 4.91. The molecule has 1 aliphatic heterocycles. The molecule has 0 radical (unpaired) electrons. The van der Waals surface area contributed by atoms with E-state index in [1.165, 1.54) is 11.8 Å². The molecule has 0 spiro atoms. The van der Waals surface area contributed by atoms with Crippen molar-refractivity contribution >= 4 is 46.2 Å². The van der Waals surface area contributed by atoms with E-state index in [9.17, 15) is 4.79 Å². The quantitative estimate of drug-likeness (QED) is 0.711. The van der Waals surface area contributed by atoms with Gasteiger partial charge in [0.2, 0.25) is 0 Å². The molecular weight excluding hydrogens is 356 g/mol. The molecule has 25 heavy (non-hydrogen) atoms. The zero-order valence-corrected chi connectivity index (χ0v) is 15.5. The topological polar surface area (TPSA) is 41.9 Å². The minimum atomic E-state index is -0.0655. The zero-order valence-electron chi connectivity index (χ0n) is 13.9. The van der Waals surface area contributed by atoms with Gasteiger partial charge in [0.25, 0.3) is 5.91 Å². The molecule has 1 heterocycles. The molecule has 2 aromatic rings. The number of aliphatic imine (C=N–C) groups is 1. The van der Waals surface area contributed by atoms with Gasteiger partial charge in [0.05, 0.1) is 17.7 Å². The molecule has 0 aliphatic carbocycles. The summed E-state index contributed by atoms with van der Waals surface area (Å²) in [6, 6.07) is 14.9. The van der Waals surface area contributed by atoms with Crippen LogP contribution in [0.2, 0.25) is 5.02 Å². The Hall–Kier alpha value is -2.24. The van der Waals surface area contributed by atoms with E-state index in [4.69, 9.17) is 16.3 Å². The minimum absolute atomic E-state index is 0.0655. The van der Waals surface area contributed by atoms with E-state index < -0.39 is 0 Å². The predicted molar refractivity (Wildman–Crippen MR) is 104 cm³/mol. The van der Waals surface area contributed by atoms with Crippen molar-refractivity contribution in [1.29, 1.82) is 0 Å². The maximum atomic E-state index is 12.7. The number of likely N-dealkylation sites (N-methyl/N-ethyl adjacent to an activating group) is 1. The highest BCUT2D eigenvalue weighted by Gasteiger charge is 2.32. The number of hydrogen-bond donors (Lipinski definition) is 0. The Balaban J connectivity index is 1.98. The first-order valence-electron chi connectivity index (χ1n) is 7.81. The zero-order chi connectivity index (χ0) is 17.8. The average Bonchev–Trinajstić information content (AvgIpc) is 2.90. The molecule has 1 saturated heterocycles. The molecule has 3 rings (SSSR count). The van der Waals surface area contributed by atoms with Crippen LogP contribution in [0.3, 0.4) is 0 Å². The van der Waals surface area contributed by atoms with Crippen molar-refractivity contribution in [1.82, 2.24) is 4.90 Å². The number of para-hydroxylation sites is 1. The van der Waals surface area contributed by atoms with Crippen molar-refractivity contribution in [3.8, 4) is 5.75 Å². The minimum Gasteiger partial charge on any atom is -0.496 e. The summed E-state index contributed by atoms with van der Waals surface area (Å²) >= 11 is 7.43. The van der Waals surface area contributed by atoms with E-state index >= 15 is 0 Å². The number of amides is 1. The van der Waals surface area contributed by atoms with Gasteiger partial charge in [-0.3, -0.25) is 9.69 Å². The molecule has 0 atom stereocenters. The maximum Gasteiger partial charge on any atom is 0.266 e. The normalized spacial score (nSPS) is 17.6. The highest BCUT2D eigenvalue weighted by molar-refractivity contribution is 8.18. The lowest BCUT2D eigenvalue weighted by molar-refractivity contribution is -0.122. The Morgan fingerprint density at radius 1 is 1.24 bits per heavy atom. The lowest BCUT2D eigenvalue weighted by Gasteiger charge is -2.11. The van der Waals surface area contributed by atoms with E-state index in [1.54, 1.807) is 36.3 Å². The number of hydrogen-bond acceptors (Lipinski definition) is 4. The summed E-state index contributed by atoms with van der Waals surface area (Å²) in [7, 11) is 1.59. The molecule has 0 unspecified atom stereocenters. The van der Waals surface area contributed by atoms with Gasteiger partial charge < -0.3 is 4.74 Å². The van der Waals surface area contributed by atoms with Crippen molar-refractivity contribution in [3.63, 3.8) is 0 Å². The summed E-state index contributed by atoms with van der Waals surface area (Å²) in [6.45, 7) is 2.49. The van der Waals surface area contributed by atoms with Crippen LogP contribution in [0.5, 0.6) is 5.75 Å². The van der Waals surface area contributed by atoms with Crippen molar-refractivity contribution in [3.05, 3.63) is 64.0 Å². The lowest BCUT2D eigenvalue weighted by Crippen LogP contribution is -2.28. The van der Waals surface area contributed by atoms with E-state index in [2.05, 4.69) is 4.99 Å². The molecule has 128 valence electrons. The molecule has 0 bridgehead atoms. The second kappa shape index (κ2) is 7.76. The summed E-state index contributed by atoms with van der Waals surface area (Å²) in [5, 5.41) is 1.26. The summed E-state index contributed by atoms with van der Waals surface area (Å²) in [5.74, 6) is 0.603. The van der Waals surface area contributed by atoms with Crippen LogP contribution in [0.15, 0.2) is 58.4 Å². The maximum absolute atomic E-state index is 12.7. The Bertz CT molecular complexity index is 850. The van der Waals surface area contributed by atoms with Crippen LogP contribution in [0.4, 0.5) is 5.69 Å². The Morgan fingerprint density at radius 2 is 2.00 bits per heavy atom. The van der Waals surface area contributed by atoms with Gasteiger partial charge in [0, 0.05) is 17.1 Å². The van der Waals surface area contributed by atoms with Gasteiger partial charge in [-0.05, 0) is 55.1 Å². The highest BCUT2D eigenvalue weighted by atomic mass is 35.5. The van der Waals surface area contributed by atoms with Crippen LogP contribution in [0, 0.1) is 0 Å². The van der Waals surface area contributed by atoms with E-state index in [0.29, 0.717) is 27.4 Å². The molecule has 1 aliphatic rings. The first kappa shape index (κ1) is 17.6. The number of ether oxygens (including phenoxy) is 1. The highest BCUT2D eigenvalue weighted by Crippen LogP contribution is 2.35. The number of thioether (sulfide) groups is 1. The van der Waals surface area contributed by atoms with Gasteiger partial charge in [-0.2, -0.15) is 0 Å². The second-order valence-electron chi connectivity index (χ2n) is 5.28. The third kappa shape index (κ3) is 3.89. The number of rotatable bonds is 4. The van der Waals surface area contributed by atoms with Crippen molar-refractivity contribution in [2.45, 2.75) is 6.92 Å². The summed E-state index contributed by atoms with van der Waals surface area (Å²) in [4.78, 5) is 19.6. The van der Waals surface area contributed by atoms with Crippen molar-refractivity contribution < 1.29 is 9.53 Å². The van der Waals surface area contributed by atoms with Crippen molar-refractivity contribution in [2.24, 2.45) is 4.99 Å². The monoisotopic (exact) mass is 372 g/mol. The number of carbonyl (C=O) groups is 1. The fraction of sp³-hybridized carbons (Fsp3) is 0.158. The largest absolute Gasteiger partial charge is 0.496 e. The molecule has 0 aromatic heterocycles. The number of nitrogens with zero attached hydrogens (tertiary/aromatic N) is 2. The Kier molecular flexibility index (Phi) is 5.46. The molecule has 4 nitrogen and oxygen atoms in total. The molecule has 6 heteroatoms. The van der Waals surface area contributed by atoms with Gasteiger partial charge in [-0.15, -0.1) is 0 Å². The third-order valence-electron chi connectivity index (χ3n) is 3.66. The molecule has 1 amide bonds. The van der Waals surface area contributed by atoms with Gasteiger partial charge in [-0.25, -0.2) is 4.99 Å². The van der Waals surface area contributed by atoms with Crippen LogP contribution in [0.25, 0.3) is 6.08 Å². The number of halogens is 1. The van der Waals surface area contributed by atoms with Crippen LogP contribution < -0.4 is 4.74 Å². The van der Waals surface area contributed by atoms with Crippen LogP contribution in [-0.2, 0) is 4.79 Å². The fourth-order valence-electron chi connectivity index (χ4n) is 2.44. The fourth-order valence-corrected chi connectivity index (χ4v) is 3.68. The molecule has 0 N–H and O–H groups in total. The summed E-state index contributed by atoms with van der Waals surface area (Å²) in [6.07, 6.45) is 1.80. The number of methoxy groups -OCH3 is 1. The summed E-state index contributed by atoms with van der Waals surface area (Å²) < 4.78 is 5.35. The standard InChI is InChI=1S/C19H17ClN2O2S/c1-3-22-18(23)17(12-13-11-14(20)9-10-16(13)24-2)25-19(22)21-15-7-5-4-6-8-15/h4-12H,3H2,1-2H3/b17-12+,21-19?. The summed E-state index contributed by atoms with van der Waals surface area (Å²) in [5.41, 5.74) is 1.58. The number of carbonyl (C=O) groups excluding carboxylic acids is 1. The molecule has 1 fully saturated rings. The average molecular weight is 373 g/mol. The predicted octanol–water partition coefficient (Wildman–Crippen LogP) is 4.97. The van der Waals surface area contributed by atoms with Gasteiger partial charge in [-0.1, -0.05) is 29.8 Å². The SMILES string of the molecule is CCN1C(=O)/C(=C\c2cc(Cl)ccc2OC)SC1=Nc1ccccc1. The van der Waals surface area contributed by atoms with Crippen molar-refractivity contribution in [2.75, 3.05) is 13.7 Å². The molecule has 0 saturated carbocycles. The van der Waals surface area contributed by atoms with E-state index in [0.717, 1.165) is 11.3 Å². The van der Waals surface area contributed by atoms with Crippen LogP contribution >= 0.6 is 23.4 Å². The van der Waals surface area contributed by atoms with Gasteiger partial charge >= 0.3 is 0 Å². The Labute approximate surface area is 156 Å². The molecule has 2 aromatic carbocycles. The van der Waals surface area contributed by atoms with E-state index in [-0.39, 0.29) is 5.91 Å².